The molecule has 0 saturated carbocycles. The Bertz CT molecular complexity index is 702. The Labute approximate surface area is 151 Å². The minimum Gasteiger partial charge on any atom is -0.454 e. The van der Waals surface area contributed by atoms with Gasteiger partial charge in [0.25, 0.3) is 0 Å². The summed E-state index contributed by atoms with van der Waals surface area (Å²) < 4.78 is 11.4. The molecule has 4 heteroatoms. The Morgan fingerprint density at radius 1 is 1.12 bits per heavy atom. The van der Waals surface area contributed by atoms with Crippen LogP contribution < -0.4 is 19.7 Å². The van der Waals surface area contributed by atoms with Crippen molar-refractivity contribution in [3.63, 3.8) is 0 Å². The Hall–Kier alpha value is -1.68. The zero-order chi connectivity index (χ0) is 17.6. The fourth-order valence-electron chi connectivity index (χ4n) is 4.34. The number of hydrogen-bond donors (Lipinski definition) is 1. The van der Waals surface area contributed by atoms with Crippen molar-refractivity contribution in [3.8, 4) is 11.5 Å². The van der Waals surface area contributed by atoms with Crippen LogP contribution in [0.3, 0.4) is 0 Å². The molecular weight excluding hydrogens is 312 g/mol. The minimum absolute atomic E-state index is 0.241. The molecule has 25 heavy (non-hydrogen) atoms. The highest BCUT2D eigenvalue weighted by Gasteiger charge is 2.35. The summed E-state index contributed by atoms with van der Waals surface area (Å²) >= 11 is 0. The fourth-order valence-corrected chi connectivity index (χ4v) is 4.34. The van der Waals surface area contributed by atoms with Gasteiger partial charge in [-0.05, 0) is 42.7 Å². The molecular formula is C21H30N2O2. The van der Waals surface area contributed by atoms with Crippen LogP contribution in [-0.4, -0.2) is 33.0 Å². The Balaban J connectivity index is 1.84. The van der Waals surface area contributed by atoms with Crippen molar-refractivity contribution >= 4 is 11.3 Å². The monoisotopic (exact) mass is 342 g/mol. The molecule has 0 bridgehead atoms. The van der Waals surface area contributed by atoms with Crippen molar-refractivity contribution in [1.29, 1.82) is 0 Å². The van der Waals surface area contributed by atoms with E-state index in [4.69, 9.17) is 9.47 Å². The first kappa shape index (κ1) is 16.8. The van der Waals surface area contributed by atoms with E-state index < -0.39 is 0 Å². The van der Waals surface area contributed by atoms with Crippen LogP contribution in [0.5, 0.6) is 11.5 Å². The van der Waals surface area contributed by atoms with Crippen molar-refractivity contribution in [1.82, 2.24) is 5.32 Å². The maximum atomic E-state index is 5.70. The van der Waals surface area contributed by atoms with Gasteiger partial charge in [0.15, 0.2) is 11.5 Å². The first-order valence-electron chi connectivity index (χ1n) is 9.58. The third-order valence-electron chi connectivity index (χ3n) is 6.75. The summed E-state index contributed by atoms with van der Waals surface area (Å²) in [6, 6.07) is 4.43. The minimum atomic E-state index is 0.241. The predicted molar refractivity (Wildman–Crippen MR) is 102 cm³/mol. The van der Waals surface area contributed by atoms with Gasteiger partial charge in [-0.1, -0.05) is 26.3 Å². The third-order valence-corrected chi connectivity index (χ3v) is 6.75. The Morgan fingerprint density at radius 2 is 1.80 bits per heavy atom. The number of nitrogens with one attached hydrogen (secondary N) is 1. The molecule has 1 aromatic carbocycles. The molecule has 1 saturated heterocycles. The lowest BCUT2D eigenvalue weighted by molar-refractivity contribution is 0.174. The van der Waals surface area contributed by atoms with Gasteiger partial charge >= 0.3 is 0 Å². The second kappa shape index (κ2) is 6.24. The molecule has 1 unspecified atom stereocenters. The molecule has 0 spiro atoms. The zero-order valence-corrected chi connectivity index (χ0v) is 15.9. The van der Waals surface area contributed by atoms with Gasteiger partial charge in [0, 0.05) is 43.5 Å². The molecule has 1 N–H and O–H groups in total. The van der Waals surface area contributed by atoms with E-state index in [2.05, 4.69) is 50.0 Å². The molecule has 0 amide bonds. The maximum Gasteiger partial charge on any atom is 0.231 e. The van der Waals surface area contributed by atoms with Gasteiger partial charge in [0.2, 0.25) is 6.79 Å². The van der Waals surface area contributed by atoms with Crippen molar-refractivity contribution in [2.24, 2.45) is 11.3 Å². The normalized spacial score (nSPS) is 25.4. The van der Waals surface area contributed by atoms with Crippen molar-refractivity contribution in [3.05, 3.63) is 23.3 Å². The van der Waals surface area contributed by atoms with Gasteiger partial charge in [-0.2, -0.15) is 0 Å². The maximum absolute atomic E-state index is 5.70. The van der Waals surface area contributed by atoms with Crippen molar-refractivity contribution < 1.29 is 9.47 Å². The second-order valence-corrected chi connectivity index (χ2v) is 8.22. The number of allylic oxidation sites excluding steroid dienone is 2. The molecule has 4 nitrogen and oxygen atoms in total. The van der Waals surface area contributed by atoms with Gasteiger partial charge in [-0.3, -0.25) is 0 Å². The Morgan fingerprint density at radius 3 is 2.52 bits per heavy atom. The molecule has 1 atom stereocenters. The summed E-state index contributed by atoms with van der Waals surface area (Å²) in [5.41, 5.74) is 5.94. The molecule has 1 aromatic rings. The van der Waals surface area contributed by atoms with Crippen LogP contribution in [0.15, 0.2) is 17.7 Å². The van der Waals surface area contributed by atoms with E-state index in [1.54, 1.807) is 0 Å². The molecule has 0 radical (unpaired) electrons. The first-order valence-corrected chi connectivity index (χ1v) is 9.58. The largest absolute Gasteiger partial charge is 0.454 e. The lowest BCUT2D eigenvalue weighted by Gasteiger charge is -2.40. The number of hydrogen-bond acceptors (Lipinski definition) is 4. The number of piperazine rings is 1. The van der Waals surface area contributed by atoms with Gasteiger partial charge in [0.1, 0.15) is 0 Å². The van der Waals surface area contributed by atoms with E-state index in [0.29, 0.717) is 12.7 Å². The fraction of sp³-hybridized carbons (Fsp3) is 0.619. The van der Waals surface area contributed by atoms with Crippen LogP contribution in [0.1, 0.15) is 46.1 Å². The molecule has 0 aromatic heterocycles. The van der Waals surface area contributed by atoms with Crippen LogP contribution in [0.2, 0.25) is 0 Å². The molecule has 2 heterocycles. The molecule has 3 aliphatic rings. The molecule has 1 fully saturated rings. The summed E-state index contributed by atoms with van der Waals surface area (Å²) in [5.74, 6) is 2.50. The number of fused-ring (bicyclic) bond motifs is 1. The van der Waals surface area contributed by atoms with Crippen molar-refractivity contribution in [2.75, 3.05) is 37.9 Å². The number of anilines is 1. The number of rotatable bonds is 2. The van der Waals surface area contributed by atoms with Gasteiger partial charge in [-0.25, -0.2) is 0 Å². The van der Waals surface area contributed by atoms with E-state index in [0.717, 1.165) is 44.1 Å². The van der Waals surface area contributed by atoms with E-state index in [1.807, 2.05) is 0 Å². The predicted octanol–water partition coefficient (Wildman–Crippen LogP) is 4.05. The average Bonchev–Trinajstić information content (AvgIpc) is 3.07. The third kappa shape index (κ3) is 2.80. The first-order chi connectivity index (χ1) is 12.0. The van der Waals surface area contributed by atoms with Gasteiger partial charge in [0.05, 0.1) is 0 Å². The number of benzene rings is 1. The van der Waals surface area contributed by atoms with Crippen LogP contribution in [0.25, 0.3) is 5.57 Å². The summed E-state index contributed by atoms with van der Waals surface area (Å²) in [7, 11) is 0. The SMILES string of the molecule is CC1=C(c2cc3c(cc2N2CCNCC2)OCO3)CCC(C)C1(C)C. The van der Waals surface area contributed by atoms with Crippen LogP contribution in [0, 0.1) is 11.3 Å². The molecule has 2 aliphatic heterocycles. The summed E-state index contributed by atoms with van der Waals surface area (Å²) in [6.07, 6.45) is 2.39. The highest BCUT2D eigenvalue weighted by molar-refractivity contribution is 5.82. The van der Waals surface area contributed by atoms with Crippen molar-refractivity contribution in [2.45, 2.75) is 40.5 Å². The zero-order valence-electron chi connectivity index (χ0n) is 15.9. The summed E-state index contributed by atoms with van der Waals surface area (Å²) in [4.78, 5) is 2.50. The highest BCUT2D eigenvalue weighted by Crippen LogP contribution is 2.50. The standard InChI is InChI=1S/C21H30N2O2/c1-14-5-6-16(15(2)21(14,3)4)17-11-19-20(25-13-24-19)12-18(17)23-9-7-22-8-10-23/h11-12,14,22H,5-10,13H2,1-4H3. The lowest BCUT2D eigenvalue weighted by atomic mass is 9.65. The highest BCUT2D eigenvalue weighted by atomic mass is 16.7. The quantitative estimate of drug-likeness (QED) is 0.879. The van der Waals surface area contributed by atoms with E-state index in [-0.39, 0.29) is 5.41 Å². The molecule has 4 rings (SSSR count). The lowest BCUT2D eigenvalue weighted by Crippen LogP contribution is -2.44. The topological polar surface area (TPSA) is 33.7 Å². The van der Waals surface area contributed by atoms with E-state index >= 15 is 0 Å². The van der Waals surface area contributed by atoms with Crippen LogP contribution >= 0.6 is 0 Å². The van der Waals surface area contributed by atoms with Gasteiger partial charge < -0.3 is 19.7 Å². The van der Waals surface area contributed by atoms with Crippen LogP contribution in [-0.2, 0) is 0 Å². The van der Waals surface area contributed by atoms with E-state index in [9.17, 15) is 0 Å². The van der Waals surface area contributed by atoms with Gasteiger partial charge in [-0.15, -0.1) is 0 Å². The Kier molecular flexibility index (Phi) is 4.19. The molecule has 1 aliphatic carbocycles. The van der Waals surface area contributed by atoms with Crippen LogP contribution in [0.4, 0.5) is 5.69 Å². The average molecular weight is 342 g/mol. The number of nitrogens with zero attached hydrogens (tertiary/aromatic N) is 1. The number of ether oxygens (including phenoxy) is 2. The summed E-state index contributed by atoms with van der Waals surface area (Å²) in [6.45, 7) is 14.0. The smallest absolute Gasteiger partial charge is 0.231 e. The summed E-state index contributed by atoms with van der Waals surface area (Å²) in [5, 5.41) is 3.45. The molecule has 136 valence electrons. The van der Waals surface area contributed by atoms with E-state index in [1.165, 1.54) is 28.8 Å². The second-order valence-electron chi connectivity index (χ2n) is 8.22.